The molecular formula is C108H264N24Ta12-24. The van der Waals surface area contributed by atoms with Gasteiger partial charge in [-0.05, 0) is 0 Å². The van der Waals surface area contributed by atoms with Crippen LogP contribution in [-0.4, -0.2) is 236 Å². The zero-order chi connectivity index (χ0) is 125. The van der Waals surface area contributed by atoms with Crippen LogP contribution in [0.25, 0.3) is 63.8 Å². The second kappa shape index (κ2) is 386. The number of nitrogens with zero attached hydrogens (tertiary/aromatic N) is 24. The summed E-state index contributed by atoms with van der Waals surface area (Å²) < 4.78 is 45.7. The maximum absolute atomic E-state index is 4.28. The van der Waals surface area contributed by atoms with E-state index in [1.807, 2.05) is 299 Å². The molecule has 0 N–H and O–H groups in total. The molecule has 0 aliphatic rings. The Hall–Kier alpha value is 6.00. The van der Waals surface area contributed by atoms with Crippen LogP contribution < -0.4 is 0 Å². The fraction of sp³-hybridized carbons (Fsp3) is 0.889. The molecule has 0 amide bonds. The van der Waals surface area contributed by atoms with Crippen molar-refractivity contribution in [2.45, 2.75) is 500 Å². The summed E-state index contributed by atoms with van der Waals surface area (Å²) in [6.07, 6.45) is 24.0. The van der Waals surface area contributed by atoms with Gasteiger partial charge in [-0.15, -0.1) is 48.3 Å². The van der Waals surface area contributed by atoms with Crippen molar-refractivity contribution >= 4 is 0 Å². The van der Waals surface area contributed by atoms with Crippen molar-refractivity contribution in [1.82, 2.24) is 0 Å². The topological polar surface area (TPSA) is 318 Å². The summed E-state index contributed by atoms with van der Waals surface area (Å²) in [5.41, 5.74) is 0. The average molecular weight is 4070 g/mol. The van der Waals surface area contributed by atoms with E-state index >= 15 is 0 Å². The first-order valence-electron chi connectivity index (χ1n) is 50.5. The van der Waals surface area contributed by atoms with Gasteiger partial charge in [0.1, 0.15) is 0 Å². The van der Waals surface area contributed by atoms with E-state index in [1.54, 1.807) is 84.6 Å². The third kappa shape index (κ3) is 1810. The molecule has 0 rings (SSSR count). The van der Waals surface area contributed by atoms with E-state index in [1.165, 1.54) is 0 Å². The molecule has 0 aromatic rings. The van der Waals surface area contributed by atoms with Crippen molar-refractivity contribution in [3.05, 3.63) is 141 Å². The van der Waals surface area contributed by atoms with E-state index in [-0.39, 0.29) is 0 Å². The third-order valence-corrected chi connectivity index (χ3v) is 16.2. The summed E-state index contributed by atoms with van der Waals surface area (Å²) in [4.78, 5) is 0. The summed E-state index contributed by atoms with van der Waals surface area (Å²) in [6, 6.07) is 7.42. The summed E-state index contributed by atoms with van der Waals surface area (Å²) in [5.74, 6) is 0. The van der Waals surface area contributed by atoms with Gasteiger partial charge in [0.25, 0.3) is 0 Å². The van der Waals surface area contributed by atoms with Crippen LogP contribution in [0.15, 0.2) is 40.1 Å². The van der Waals surface area contributed by atoms with E-state index in [4.69, 9.17) is 0 Å². The van der Waals surface area contributed by atoms with Gasteiger partial charge in [0.2, 0.25) is 0 Å². The molecule has 0 aliphatic carbocycles. The first-order chi connectivity index (χ1) is 66.9. The van der Waals surface area contributed by atoms with Crippen LogP contribution in [0.1, 0.15) is 415 Å². The van der Waals surface area contributed by atoms with Crippen molar-refractivity contribution in [2.24, 2.45) is 40.1 Å². The zero-order valence-corrected chi connectivity index (χ0v) is 149. The van der Waals surface area contributed by atoms with E-state index in [0.29, 0.717) is 84.6 Å². The van der Waals surface area contributed by atoms with E-state index in [9.17, 15) is 0 Å². The molecule has 144 heavy (non-hydrogen) atoms. The Bertz CT molecular complexity index is 1330. The van der Waals surface area contributed by atoms with E-state index < -0.39 is 0 Å². The summed E-state index contributed by atoms with van der Waals surface area (Å²) in [7, 11) is 25.1. The standard InChI is InChI=1S/2C6H14N.2C5H12N.4C4H10N.2C3H8N.6C3H7N.12C3H7.2C2H6N.6CH3N.12Ta/c2*1-5(2)7-6(3)4;2*1-4-6-5(2)3;2*1-4(2)5-3;2*1-3-5-4-2;2*1-3-4-2;6*1-3(2)4;14*1-3-2;6*1-2;;;;;;;;;;;;/h2*5-6H,1-4H3;2*5H,4H2,1-3H3;2*4H,1-3H3;2*3-4H2,1-2H3;2*3H2,1-2H3;6*3H,1-2H3;12*3H,1-2H3;2*1-2H3;6*1H3;;;;;;;;;;;;/q10*-1;;;;;;;14*-1;;;;;;;;;;;;;;;;;;. The molecule has 0 saturated heterocycles. The molecule has 0 fully saturated rings. The molecule has 0 heterocycles. The second-order valence-electron chi connectivity index (χ2n) is 29.8. The SMILES string of the molecule is CC(C)[N-]C(C)C.CC(C)[N-]C(C)C.CC(C)[N]=[Ta].CC(C)[N]=[Ta].CC(C)[N]=[Ta].CC(C)[N]=[Ta].CC(C)[N]=[Ta].CC(C)[N]=[Ta].CC[N-]C.CC[N-]C.CC[N-]C(C)C.CC[N-]C(C)C.CC[N-]CC.CC[N-]CC.C[CH-]C.C[CH-]C.C[CH-]C.C[CH-]C.C[CH-]C.C[CH-]C.C[CH-]C.C[CH-]C.C[CH-]C.C[CH-]C.C[CH-]C.C[CH-]C.C[N-]C.C[N-]C.C[N-]C(C)C.C[N-]C(C)C.C[N]=[Ta].C[N]=[Ta].C[N]=[Ta].C[N]=[Ta].C[N]=[Ta].C[N]=[Ta]. The van der Waals surface area contributed by atoms with Gasteiger partial charge in [0.15, 0.2) is 0 Å². The van der Waals surface area contributed by atoms with Gasteiger partial charge in [-0.1, -0.05) is 166 Å². The Morgan fingerprint density at radius 3 is 0.243 bits per heavy atom. The molecule has 0 aromatic carbocycles. The maximum atomic E-state index is 4.28. The Balaban J connectivity index is -0.0000000246. The summed E-state index contributed by atoms with van der Waals surface area (Å²) >= 11 is 13.9. The van der Waals surface area contributed by atoms with Gasteiger partial charge in [-0.2, -0.15) is 275 Å². The Morgan fingerprint density at radius 2 is 0.243 bits per heavy atom. The van der Waals surface area contributed by atoms with Crippen molar-refractivity contribution in [2.75, 3.05) is 151 Å². The van der Waals surface area contributed by atoms with Crippen LogP contribution in [0.3, 0.4) is 0 Å². The minimum absolute atomic E-state index is 0.500. The van der Waals surface area contributed by atoms with Crippen molar-refractivity contribution < 1.29 is 251 Å². The number of rotatable bonds is 22. The van der Waals surface area contributed by atoms with Crippen LogP contribution in [0.2, 0.25) is 0 Å². The Labute approximate surface area is 1070 Å². The molecule has 0 aromatic heterocycles. The van der Waals surface area contributed by atoms with Crippen LogP contribution in [0.4, 0.5) is 0 Å². The number of hydrogen-bond donors (Lipinski definition) is 0. The number of hydrogen-bond acceptors (Lipinski definition) is 12. The van der Waals surface area contributed by atoms with Gasteiger partial charge in [-0.3, -0.25) is 0 Å². The molecule has 900 valence electrons. The molecule has 0 aliphatic heterocycles. The van der Waals surface area contributed by atoms with Gasteiger partial charge in [0, 0.05) is 0 Å². The normalized spacial score (nSPS) is 7.58. The predicted octanol–water partition coefficient (Wildman–Crippen LogP) is 40.4. The predicted molar refractivity (Wildman–Crippen MR) is 636 cm³/mol. The molecular weight excluding hydrogens is 3800 g/mol. The first-order valence-corrected chi connectivity index (χ1v) is 67.7. The monoisotopic (exact) mass is 4070 g/mol. The molecule has 0 radical (unpaired) electrons. The van der Waals surface area contributed by atoms with Crippen molar-refractivity contribution in [3.63, 3.8) is 0 Å². The molecule has 36 heteroatoms. The average Bonchev–Trinajstić information content (AvgIpc) is 1.10. The summed E-state index contributed by atoms with van der Waals surface area (Å²) in [5, 5.41) is 47.0. The molecule has 0 saturated carbocycles. The van der Waals surface area contributed by atoms with Crippen molar-refractivity contribution in [3.8, 4) is 0 Å². The third-order valence-electron chi connectivity index (χ3n) is 6.23. The minimum atomic E-state index is 0.500. The molecule has 0 bridgehead atoms. The van der Waals surface area contributed by atoms with Crippen LogP contribution >= 0.6 is 0 Å². The van der Waals surface area contributed by atoms with E-state index in [0.717, 1.165) is 303 Å². The molecule has 0 spiro atoms. The summed E-state index contributed by atoms with van der Waals surface area (Å²) in [6.45, 7) is 130. The fourth-order valence-electron chi connectivity index (χ4n) is 2.37. The van der Waals surface area contributed by atoms with Gasteiger partial charge in [-0.25, -0.2) is 0 Å². The zero-order valence-electron chi connectivity index (χ0n) is 111. The molecule has 0 atom stereocenters. The van der Waals surface area contributed by atoms with Crippen LogP contribution in [0, 0.1) is 77.0 Å². The van der Waals surface area contributed by atoms with Gasteiger partial charge >= 0.3 is 452 Å². The Kier molecular flexibility index (Phi) is 686. The van der Waals surface area contributed by atoms with Crippen molar-refractivity contribution in [1.29, 1.82) is 0 Å². The quantitative estimate of drug-likeness (QED) is 0.0913. The van der Waals surface area contributed by atoms with Gasteiger partial charge < -0.3 is 141 Å². The first kappa shape index (κ1) is 256. The van der Waals surface area contributed by atoms with E-state index in [2.05, 4.69) is 312 Å². The van der Waals surface area contributed by atoms with Gasteiger partial charge in [0.05, 0.1) is 0 Å². The molecule has 24 nitrogen and oxygen atoms in total. The fourth-order valence-corrected chi connectivity index (χ4v) is 2.37. The van der Waals surface area contributed by atoms with Crippen LogP contribution in [-0.2, 0) is 251 Å². The van der Waals surface area contributed by atoms with Crippen LogP contribution in [0.5, 0.6) is 0 Å². The molecule has 0 unspecified atom stereocenters. The Morgan fingerprint density at radius 1 is 0.174 bits per heavy atom. The second-order valence-corrected chi connectivity index (χ2v) is 43.4.